The first-order valence-electron chi connectivity index (χ1n) is 9.67. The number of hydroxylamine groups is 1. The molecule has 0 saturated heterocycles. The molecule has 146 valence electrons. The Morgan fingerprint density at radius 1 is 1.18 bits per heavy atom. The number of aliphatic hydroxyl groups excluding tert-OH is 1. The average Bonchev–Trinajstić information content (AvgIpc) is 3.18. The number of carbonyl (C=O) groups is 1. The van der Waals surface area contributed by atoms with Crippen molar-refractivity contribution in [3.63, 3.8) is 0 Å². The van der Waals surface area contributed by atoms with E-state index < -0.39 is 5.91 Å². The quantitative estimate of drug-likeness (QED) is 0.247. The van der Waals surface area contributed by atoms with Gasteiger partial charge in [-0.05, 0) is 35.3 Å². The molecular weight excluding hydrogens is 354 g/mol. The summed E-state index contributed by atoms with van der Waals surface area (Å²) >= 11 is 0. The Labute approximate surface area is 165 Å². The number of amides is 1. The van der Waals surface area contributed by atoms with E-state index in [9.17, 15) is 4.79 Å². The van der Waals surface area contributed by atoms with Crippen LogP contribution in [0.3, 0.4) is 0 Å². The lowest BCUT2D eigenvalue weighted by Crippen LogP contribution is -2.28. The van der Waals surface area contributed by atoms with Gasteiger partial charge in [0.25, 0.3) is 5.91 Å². The monoisotopic (exact) mass is 381 g/mol. The standard InChI is InChI=1S/C22H25N3O3/c26-14-13-25(12-11-19-15-23-21-4-2-1-3-20(19)21)16-18-7-5-17(6-8-18)9-10-22(27)24-28/h1-10,15,23,26,28H,11-14,16H2,(H,24,27)/b10-9+/i26T. The first-order valence-corrected chi connectivity index (χ1v) is 9.26. The molecular formula is C22H25N3O3. The van der Waals surface area contributed by atoms with Gasteiger partial charge in [0, 0.05) is 42.8 Å². The number of aromatic amines is 1. The van der Waals surface area contributed by atoms with Gasteiger partial charge in [0.1, 0.15) is 0 Å². The fourth-order valence-corrected chi connectivity index (χ4v) is 3.22. The highest BCUT2D eigenvalue weighted by Crippen LogP contribution is 2.18. The smallest absolute Gasteiger partial charge is 0.267 e. The molecule has 4 N–H and O–H groups in total. The third-order valence-electron chi connectivity index (χ3n) is 4.70. The molecule has 0 aliphatic carbocycles. The van der Waals surface area contributed by atoms with Crippen LogP contribution in [-0.4, -0.2) is 47.2 Å². The van der Waals surface area contributed by atoms with Crippen molar-refractivity contribution < 1.29 is 15.1 Å². The largest absolute Gasteiger partial charge is 0.395 e. The number of aromatic nitrogens is 1. The molecule has 1 aromatic heterocycles. The van der Waals surface area contributed by atoms with Crippen LogP contribution in [0.1, 0.15) is 16.7 Å². The zero-order valence-electron chi connectivity index (χ0n) is 16.6. The summed E-state index contributed by atoms with van der Waals surface area (Å²) < 4.78 is 6.99. The predicted molar refractivity (Wildman–Crippen MR) is 110 cm³/mol. The molecule has 0 bridgehead atoms. The van der Waals surface area contributed by atoms with E-state index in [0.29, 0.717) is 13.2 Å². The van der Waals surface area contributed by atoms with Crippen molar-refractivity contribution in [2.24, 2.45) is 0 Å². The molecule has 3 rings (SSSR count). The van der Waals surface area contributed by atoms with Crippen molar-refractivity contribution in [3.8, 4) is 0 Å². The van der Waals surface area contributed by atoms with Crippen LogP contribution in [0.15, 0.2) is 60.8 Å². The maximum atomic E-state index is 11.1. The molecule has 0 atom stereocenters. The highest BCUT2D eigenvalue weighted by Gasteiger charge is 2.09. The molecule has 0 radical (unpaired) electrons. The van der Waals surface area contributed by atoms with Gasteiger partial charge in [-0.15, -0.1) is 0 Å². The summed E-state index contributed by atoms with van der Waals surface area (Å²) in [5, 5.41) is 14.3. The van der Waals surface area contributed by atoms with Gasteiger partial charge in [-0.25, -0.2) is 5.48 Å². The summed E-state index contributed by atoms with van der Waals surface area (Å²) in [4.78, 5) is 16.6. The number of fused-ring (bicyclic) bond motifs is 1. The van der Waals surface area contributed by atoms with Gasteiger partial charge in [0.05, 0.1) is 6.61 Å². The van der Waals surface area contributed by atoms with Crippen LogP contribution < -0.4 is 5.48 Å². The first-order chi connectivity index (χ1) is 14.2. The summed E-state index contributed by atoms with van der Waals surface area (Å²) in [5.41, 5.74) is 5.99. The van der Waals surface area contributed by atoms with Crippen LogP contribution in [0.25, 0.3) is 17.0 Å². The molecule has 0 aliphatic heterocycles. The molecule has 28 heavy (non-hydrogen) atoms. The molecule has 0 spiro atoms. The lowest BCUT2D eigenvalue weighted by atomic mass is 10.1. The van der Waals surface area contributed by atoms with Crippen LogP contribution in [0.5, 0.6) is 0 Å². The van der Waals surface area contributed by atoms with Gasteiger partial charge in [-0.2, -0.15) is 0 Å². The number of hydrogen-bond donors (Lipinski definition) is 4. The lowest BCUT2D eigenvalue weighted by molar-refractivity contribution is -0.124. The Kier molecular flexibility index (Phi) is 6.48. The summed E-state index contributed by atoms with van der Waals surface area (Å²) in [6, 6.07) is 16.1. The molecule has 1 amide bonds. The van der Waals surface area contributed by atoms with E-state index in [2.05, 4.69) is 33.3 Å². The van der Waals surface area contributed by atoms with Gasteiger partial charge < -0.3 is 10.1 Å². The van der Waals surface area contributed by atoms with Crippen molar-refractivity contribution in [3.05, 3.63) is 77.5 Å². The van der Waals surface area contributed by atoms with Gasteiger partial charge >= 0.3 is 0 Å². The van der Waals surface area contributed by atoms with Gasteiger partial charge in [-0.3, -0.25) is 14.9 Å². The fourth-order valence-electron chi connectivity index (χ4n) is 3.22. The SMILES string of the molecule is [3H]OCCN(CCc1c[nH]c2ccccc12)Cc1ccc(/C=C/C(=O)NO)cc1. The Hall–Kier alpha value is -2.93. The predicted octanol–water partition coefficient (Wildman–Crippen LogP) is 2.72. The van der Waals surface area contributed by atoms with E-state index >= 15 is 0 Å². The zero-order chi connectivity index (χ0) is 20.5. The van der Waals surface area contributed by atoms with E-state index in [-0.39, 0.29) is 0 Å². The van der Waals surface area contributed by atoms with E-state index in [1.807, 2.05) is 36.4 Å². The van der Waals surface area contributed by atoms with E-state index in [4.69, 9.17) is 6.64 Å². The molecule has 6 heteroatoms. The summed E-state index contributed by atoms with van der Waals surface area (Å²) in [5.74, 6) is -0.562. The van der Waals surface area contributed by atoms with Crippen LogP contribution in [0.2, 0.25) is 0 Å². The Bertz CT molecular complexity index is 953. The number of nitrogens with one attached hydrogen (secondary N) is 2. The van der Waals surface area contributed by atoms with E-state index in [1.165, 1.54) is 17.0 Å². The minimum absolute atomic E-state index is 0.352. The second-order valence-corrected chi connectivity index (χ2v) is 6.64. The molecule has 0 fully saturated rings. The molecule has 1 heterocycles. The topological polar surface area (TPSA) is 88.6 Å². The molecule has 0 unspecified atom stereocenters. The molecule has 0 aliphatic rings. The fraction of sp³-hybridized carbons (Fsp3) is 0.227. The van der Waals surface area contributed by atoms with Gasteiger partial charge in [-0.1, -0.05) is 42.5 Å². The number of para-hydroxylation sites is 1. The molecule has 0 saturated carbocycles. The number of rotatable bonds is 10. The summed E-state index contributed by atoms with van der Waals surface area (Å²) in [6.45, 7) is 2.62. The Morgan fingerprint density at radius 3 is 2.79 bits per heavy atom. The number of aliphatic hydroxyl groups is 1. The van der Waals surface area contributed by atoms with Crippen molar-refractivity contribution >= 4 is 22.9 Å². The maximum Gasteiger partial charge on any atom is 0.267 e. The van der Waals surface area contributed by atoms with Crippen molar-refractivity contribution in [2.75, 3.05) is 19.7 Å². The van der Waals surface area contributed by atoms with Crippen LogP contribution in [0, 0.1) is 0 Å². The molecule has 6 nitrogen and oxygen atoms in total. The van der Waals surface area contributed by atoms with Crippen molar-refractivity contribution in [1.29, 1.82) is 1.43 Å². The average molecular weight is 381 g/mol. The normalized spacial score (nSPS) is 12.0. The highest BCUT2D eigenvalue weighted by molar-refractivity contribution is 5.90. The number of hydrogen-bond acceptors (Lipinski definition) is 4. The van der Waals surface area contributed by atoms with Gasteiger partial charge in [0.2, 0.25) is 1.43 Å². The second kappa shape index (κ2) is 9.85. The van der Waals surface area contributed by atoms with E-state index in [0.717, 1.165) is 36.2 Å². The van der Waals surface area contributed by atoms with Crippen LogP contribution in [-0.2, 0) is 17.8 Å². The lowest BCUT2D eigenvalue weighted by Gasteiger charge is -2.21. The second-order valence-electron chi connectivity index (χ2n) is 6.64. The summed E-state index contributed by atoms with van der Waals surface area (Å²) in [7, 11) is 0. The highest BCUT2D eigenvalue weighted by atomic mass is 16.5. The maximum absolute atomic E-state index is 11.1. The summed E-state index contributed by atoms with van der Waals surface area (Å²) in [6.07, 6.45) is 5.87. The Morgan fingerprint density at radius 2 is 2.00 bits per heavy atom. The van der Waals surface area contributed by atoms with E-state index in [1.54, 1.807) is 11.6 Å². The Balaban J connectivity index is 1.62. The minimum Gasteiger partial charge on any atom is -0.395 e. The van der Waals surface area contributed by atoms with Crippen molar-refractivity contribution in [2.45, 2.75) is 13.0 Å². The number of nitrogens with zero attached hydrogens (tertiary/aromatic N) is 1. The molecule has 2 aromatic carbocycles. The van der Waals surface area contributed by atoms with Gasteiger partial charge in [0.15, 0.2) is 0 Å². The zero-order valence-corrected chi connectivity index (χ0v) is 15.6. The molecule has 3 aromatic rings. The van der Waals surface area contributed by atoms with Crippen LogP contribution >= 0.6 is 0 Å². The third kappa shape index (κ3) is 5.29. The van der Waals surface area contributed by atoms with Crippen molar-refractivity contribution in [1.82, 2.24) is 15.4 Å². The first kappa shape index (κ1) is 18.4. The van der Waals surface area contributed by atoms with Crippen LogP contribution in [0.4, 0.5) is 0 Å². The number of benzene rings is 2. The number of carbonyl (C=O) groups excluding carboxylic acids is 1. The third-order valence-corrected chi connectivity index (χ3v) is 4.70. The minimum atomic E-state index is -0.562. The number of H-pyrrole nitrogens is 1.